The third-order valence-electron chi connectivity index (χ3n) is 2.76. The van der Waals surface area contributed by atoms with Crippen LogP contribution in [0.25, 0.3) is 0 Å². The first-order chi connectivity index (χ1) is 9.04. The number of halogens is 3. The van der Waals surface area contributed by atoms with Gasteiger partial charge >= 0.3 is 0 Å². The largest absolute Gasteiger partial charge is 0.496 e. The summed E-state index contributed by atoms with van der Waals surface area (Å²) >= 11 is 0. The van der Waals surface area contributed by atoms with Crippen LogP contribution in [-0.4, -0.2) is 12.2 Å². The van der Waals surface area contributed by atoms with Crippen LogP contribution in [0.2, 0.25) is 0 Å². The van der Waals surface area contributed by atoms with Crippen LogP contribution in [0, 0.1) is 17.5 Å². The van der Waals surface area contributed by atoms with Crippen molar-refractivity contribution >= 4 is 0 Å². The standard InChI is InChI=1S/C14H11F3O2/c1-19-12-4-2-3-10(16)13(12)14(18)9-6-5-8(15)7-11(9)17/h2-7,14,18H,1H3. The number of aliphatic hydroxyl groups excluding tert-OH is 1. The van der Waals surface area contributed by atoms with Gasteiger partial charge in [0, 0.05) is 11.6 Å². The molecule has 0 saturated carbocycles. The van der Waals surface area contributed by atoms with Gasteiger partial charge in [-0.3, -0.25) is 0 Å². The molecule has 100 valence electrons. The van der Waals surface area contributed by atoms with Gasteiger partial charge < -0.3 is 9.84 Å². The van der Waals surface area contributed by atoms with Gasteiger partial charge in [-0.15, -0.1) is 0 Å². The highest BCUT2D eigenvalue weighted by Crippen LogP contribution is 2.33. The van der Waals surface area contributed by atoms with E-state index in [1.807, 2.05) is 0 Å². The monoisotopic (exact) mass is 268 g/mol. The lowest BCUT2D eigenvalue weighted by Crippen LogP contribution is -2.07. The average Bonchev–Trinajstić information content (AvgIpc) is 2.37. The van der Waals surface area contributed by atoms with Crippen LogP contribution in [0.3, 0.4) is 0 Å². The molecule has 0 aromatic heterocycles. The highest BCUT2D eigenvalue weighted by Gasteiger charge is 2.22. The molecule has 2 nitrogen and oxygen atoms in total. The van der Waals surface area contributed by atoms with Crippen LogP contribution in [0.15, 0.2) is 36.4 Å². The predicted octanol–water partition coefficient (Wildman–Crippen LogP) is 3.19. The summed E-state index contributed by atoms with van der Waals surface area (Å²) in [4.78, 5) is 0. The number of rotatable bonds is 3. The SMILES string of the molecule is COc1cccc(F)c1C(O)c1ccc(F)cc1F. The molecule has 0 fully saturated rings. The van der Waals surface area contributed by atoms with Crippen LogP contribution >= 0.6 is 0 Å². The number of aliphatic hydroxyl groups is 1. The van der Waals surface area contributed by atoms with Gasteiger partial charge in [-0.05, 0) is 18.2 Å². The molecule has 0 heterocycles. The second-order valence-electron chi connectivity index (χ2n) is 3.92. The minimum atomic E-state index is -1.57. The van der Waals surface area contributed by atoms with E-state index in [0.29, 0.717) is 6.07 Å². The zero-order valence-corrected chi connectivity index (χ0v) is 10.0. The summed E-state index contributed by atoms with van der Waals surface area (Å²) < 4.78 is 45.1. The Labute approximate surface area is 108 Å². The van der Waals surface area contributed by atoms with Crippen LogP contribution in [0.4, 0.5) is 13.2 Å². The first-order valence-corrected chi connectivity index (χ1v) is 5.50. The van der Waals surface area contributed by atoms with E-state index in [1.54, 1.807) is 0 Å². The maximum atomic E-state index is 13.7. The first-order valence-electron chi connectivity index (χ1n) is 5.50. The molecule has 0 spiro atoms. The molecule has 0 aliphatic rings. The van der Waals surface area contributed by atoms with Gasteiger partial charge in [0.2, 0.25) is 0 Å². The summed E-state index contributed by atoms with van der Waals surface area (Å²) in [5.74, 6) is -2.35. The van der Waals surface area contributed by atoms with Crippen molar-refractivity contribution in [1.29, 1.82) is 0 Å². The summed E-state index contributed by atoms with van der Waals surface area (Å²) in [5.41, 5.74) is -0.402. The van der Waals surface area contributed by atoms with Gasteiger partial charge in [-0.25, -0.2) is 13.2 Å². The fourth-order valence-electron chi connectivity index (χ4n) is 1.84. The number of hydrogen-bond donors (Lipinski definition) is 1. The lowest BCUT2D eigenvalue weighted by atomic mass is 9.99. The Kier molecular flexibility index (Phi) is 3.76. The third kappa shape index (κ3) is 2.56. The normalized spacial score (nSPS) is 12.3. The zero-order chi connectivity index (χ0) is 14.0. The van der Waals surface area contributed by atoms with Crippen molar-refractivity contribution in [3.63, 3.8) is 0 Å². The molecule has 19 heavy (non-hydrogen) atoms. The van der Waals surface area contributed by atoms with E-state index >= 15 is 0 Å². The van der Waals surface area contributed by atoms with E-state index in [9.17, 15) is 18.3 Å². The minimum absolute atomic E-state index is 0.0937. The van der Waals surface area contributed by atoms with Crippen molar-refractivity contribution in [3.05, 3.63) is 65.0 Å². The Morgan fingerprint density at radius 3 is 2.42 bits per heavy atom. The fourth-order valence-corrected chi connectivity index (χ4v) is 1.84. The fraction of sp³-hybridized carbons (Fsp3) is 0.143. The first kappa shape index (κ1) is 13.4. The molecule has 0 aliphatic carbocycles. The van der Waals surface area contributed by atoms with Gasteiger partial charge in [0.1, 0.15) is 29.3 Å². The Bertz CT molecular complexity index is 599. The molecule has 2 rings (SSSR count). The molecule has 0 radical (unpaired) electrons. The van der Waals surface area contributed by atoms with Crippen LogP contribution < -0.4 is 4.74 Å². The lowest BCUT2D eigenvalue weighted by molar-refractivity contribution is 0.204. The highest BCUT2D eigenvalue weighted by molar-refractivity contribution is 5.41. The van der Waals surface area contributed by atoms with Crippen LogP contribution in [0.1, 0.15) is 17.2 Å². The van der Waals surface area contributed by atoms with Crippen LogP contribution in [-0.2, 0) is 0 Å². The van der Waals surface area contributed by atoms with Crippen LogP contribution in [0.5, 0.6) is 5.75 Å². The average molecular weight is 268 g/mol. The third-order valence-corrected chi connectivity index (χ3v) is 2.76. The van der Waals surface area contributed by atoms with E-state index in [4.69, 9.17) is 4.74 Å². The van der Waals surface area contributed by atoms with Gasteiger partial charge in [0.25, 0.3) is 0 Å². The Hall–Kier alpha value is -2.01. The molecule has 0 bridgehead atoms. The van der Waals surface area contributed by atoms with Crippen molar-refractivity contribution in [2.45, 2.75) is 6.10 Å². The molecule has 0 saturated heterocycles. The quantitative estimate of drug-likeness (QED) is 0.926. The van der Waals surface area contributed by atoms with E-state index in [2.05, 4.69) is 0 Å². The second-order valence-corrected chi connectivity index (χ2v) is 3.92. The summed E-state index contributed by atoms with van der Waals surface area (Å²) in [6.07, 6.45) is -1.57. The maximum absolute atomic E-state index is 13.7. The summed E-state index contributed by atoms with van der Waals surface area (Å²) in [5, 5.41) is 10.1. The molecule has 0 aliphatic heterocycles. The molecule has 1 N–H and O–H groups in total. The Balaban J connectivity index is 2.52. The zero-order valence-electron chi connectivity index (χ0n) is 10.0. The number of hydrogen-bond acceptors (Lipinski definition) is 2. The Morgan fingerprint density at radius 1 is 1.05 bits per heavy atom. The number of benzene rings is 2. The topological polar surface area (TPSA) is 29.5 Å². The van der Waals surface area contributed by atoms with Crippen molar-refractivity contribution in [1.82, 2.24) is 0 Å². The number of ether oxygens (including phenoxy) is 1. The summed E-state index contributed by atoms with van der Waals surface area (Å²) in [7, 11) is 1.31. The lowest BCUT2D eigenvalue weighted by Gasteiger charge is -2.16. The molecule has 2 aromatic carbocycles. The summed E-state index contributed by atoms with van der Waals surface area (Å²) in [6, 6.07) is 6.68. The number of methoxy groups -OCH3 is 1. The van der Waals surface area contributed by atoms with E-state index < -0.39 is 23.6 Å². The van der Waals surface area contributed by atoms with Crippen molar-refractivity contribution < 1.29 is 23.0 Å². The molecular weight excluding hydrogens is 257 g/mol. The molecule has 1 unspecified atom stereocenters. The van der Waals surface area contributed by atoms with Gasteiger partial charge in [-0.1, -0.05) is 12.1 Å². The van der Waals surface area contributed by atoms with Gasteiger partial charge in [-0.2, -0.15) is 0 Å². The summed E-state index contributed by atoms with van der Waals surface area (Å²) in [6.45, 7) is 0. The smallest absolute Gasteiger partial charge is 0.133 e. The molecule has 0 amide bonds. The molecular formula is C14H11F3O2. The molecule has 2 aromatic rings. The van der Waals surface area contributed by atoms with E-state index in [0.717, 1.165) is 18.2 Å². The van der Waals surface area contributed by atoms with E-state index in [-0.39, 0.29) is 16.9 Å². The minimum Gasteiger partial charge on any atom is -0.496 e. The van der Waals surface area contributed by atoms with Crippen molar-refractivity contribution in [2.24, 2.45) is 0 Å². The van der Waals surface area contributed by atoms with Crippen molar-refractivity contribution in [2.75, 3.05) is 7.11 Å². The molecule has 5 heteroatoms. The van der Waals surface area contributed by atoms with E-state index in [1.165, 1.54) is 19.2 Å². The molecule has 1 atom stereocenters. The predicted molar refractivity (Wildman–Crippen MR) is 63.4 cm³/mol. The maximum Gasteiger partial charge on any atom is 0.133 e. The van der Waals surface area contributed by atoms with Gasteiger partial charge in [0.15, 0.2) is 0 Å². The Morgan fingerprint density at radius 2 is 1.79 bits per heavy atom. The van der Waals surface area contributed by atoms with Crippen molar-refractivity contribution in [3.8, 4) is 5.75 Å². The van der Waals surface area contributed by atoms with Gasteiger partial charge in [0.05, 0.1) is 12.7 Å². The highest BCUT2D eigenvalue weighted by atomic mass is 19.1. The second kappa shape index (κ2) is 5.32.